The molecule has 2 heterocycles. The third kappa shape index (κ3) is 4.68. The Balaban J connectivity index is 1.62. The van der Waals surface area contributed by atoms with Gasteiger partial charge in [0.2, 0.25) is 0 Å². The van der Waals surface area contributed by atoms with E-state index in [-0.39, 0.29) is 11.6 Å². The van der Waals surface area contributed by atoms with E-state index in [0.717, 1.165) is 4.47 Å². The largest absolute Gasteiger partial charge is 0.456 e. The standard InChI is InChI=1S/C21H12Br2ClN3O4S/c1-26-20(28)19(32-21(26)25-12-3-6-15(23)16(24)9-12)10-13-4-7-18(31-13)14-5-2-11(22)8-17(14)27(29)30/h2-10H,1H3/b19-10+,25-21?. The first-order valence-corrected chi connectivity index (χ1v) is 11.8. The molecule has 4 rings (SSSR count). The molecule has 1 saturated heterocycles. The number of aliphatic imine (C=N–C) groups is 1. The van der Waals surface area contributed by atoms with Gasteiger partial charge in [0.05, 0.1) is 26.1 Å². The van der Waals surface area contributed by atoms with Gasteiger partial charge in [-0.05, 0) is 70.2 Å². The fourth-order valence-electron chi connectivity index (χ4n) is 2.89. The molecule has 0 spiro atoms. The third-order valence-electron chi connectivity index (χ3n) is 4.45. The van der Waals surface area contributed by atoms with Gasteiger partial charge in [-0.25, -0.2) is 4.99 Å². The predicted octanol–water partition coefficient (Wildman–Crippen LogP) is 7.27. The van der Waals surface area contributed by atoms with E-state index in [1.165, 1.54) is 22.7 Å². The summed E-state index contributed by atoms with van der Waals surface area (Å²) in [7, 11) is 1.63. The minimum atomic E-state index is -0.469. The van der Waals surface area contributed by atoms with E-state index in [9.17, 15) is 14.9 Å². The van der Waals surface area contributed by atoms with Gasteiger partial charge in [-0.3, -0.25) is 19.8 Å². The molecule has 0 unspecified atom stereocenters. The highest BCUT2D eigenvalue weighted by atomic mass is 79.9. The summed E-state index contributed by atoms with van der Waals surface area (Å²) in [6.07, 6.45) is 1.59. The van der Waals surface area contributed by atoms with Crippen LogP contribution in [0.4, 0.5) is 11.4 Å². The Morgan fingerprint density at radius 3 is 2.69 bits per heavy atom. The fourth-order valence-corrected chi connectivity index (χ4v) is 4.62. The first-order chi connectivity index (χ1) is 15.2. The molecule has 0 saturated carbocycles. The van der Waals surface area contributed by atoms with Crippen molar-refractivity contribution >= 4 is 83.7 Å². The molecular formula is C21H12Br2ClN3O4S. The number of furan rings is 1. The van der Waals surface area contributed by atoms with Crippen LogP contribution in [0.1, 0.15) is 5.76 Å². The molecule has 1 aliphatic heterocycles. The first kappa shape index (κ1) is 22.8. The van der Waals surface area contributed by atoms with E-state index in [1.807, 2.05) is 0 Å². The lowest BCUT2D eigenvalue weighted by Crippen LogP contribution is -2.23. The maximum atomic E-state index is 12.7. The zero-order chi connectivity index (χ0) is 23.0. The quantitative estimate of drug-likeness (QED) is 0.179. The molecule has 1 aliphatic rings. The molecule has 7 nitrogen and oxygen atoms in total. The van der Waals surface area contributed by atoms with E-state index >= 15 is 0 Å². The van der Waals surface area contributed by atoms with E-state index < -0.39 is 4.92 Å². The van der Waals surface area contributed by atoms with Crippen molar-refractivity contribution in [3.8, 4) is 11.3 Å². The number of amides is 1. The summed E-state index contributed by atoms with van der Waals surface area (Å²) in [6.45, 7) is 0. The van der Waals surface area contributed by atoms with Gasteiger partial charge in [-0.1, -0.05) is 27.5 Å². The van der Waals surface area contributed by atoms with Crippen molar-refractivity contribution < 1.29 is 14.1 Å². The molecule has 1 aromatic heterocycles. The second-order valence-corrected chi connectivity index (χ2v) is 9.77. The summed E-state index contributed by atoms with van der Waals surface area (Å²) in [5.74, 6) is 0.497. The zero-order valence-corrected chi connectivity index (χ0v) is 21.0. The van der Waals surface area contributed by atoms with Gasteiger partial charge in [0.25, 0.3) is 11.6 Å². The van der Waals surface area contributed by atoms with Crippen LogP contribution in [0.2, 0.25) is 5.02 Å². The SMILES string of the molecule is CN1C(=O)/C(=C\c2ccc(-c3ccc(Br)cc3[N+](=O)[O-])o2)SC1=Nc1ccc(Br)c(Cl)c1. The van der Waals surface area contributed by atoms with Crippen LogP contribution in [0, 0.1) is 10.1 Å². The number of likely N-dealkylation sites (N-methyl/N-ethyl adjacent to an activating group) is 1. The van der Waals surface area contributed by atoms with Crippen LogP contribution in [0.5, 0.6) is 0 Å². The lowest BCUT2D eigenvalue weighted by atomic mass is 10.1. The molecule has 3 aromatic rings. The Morgan fingerprint density at radius 1 is 1.19 bits per heavy atom. The van der Waals surface area contributed by atoms with Crippen molar-refractivity contribution in [1.29, 1.82) is 0 Å². The van der Waals surface area contributed by atoms with Crippen LogP contribution < -0.4 is 0 Å². The molecule has 0 bridgehead atoms. The smallest absolute Gasteiger partial charge is 0.281 e. The van der Waals surface area contributed by atoms with Gasteiger partial charge < -0.3 is 4.42 Å². The summed E-state index contributed by atoms with van der Waals surface area (Å²) in [4.78, 5) is 30.0. The van der Waals surface area contributed by atoms with Crippen molar-refractivity contribution in [3.63, 3.8) is 0 Å². The van der Waals surface area contributed by atoms with Gasteiger partial charge in [-0.2, -0.15) is 0 Å². The molecular weight excluding hydrogens is 586 g/mol. The Kier molecular flexibility index (Phi) is 6.57. The van der Waals surface area contributed by atoms with Crippen LogP contribution in [0.15, 0.2) is 71.8 Å². The van der Waals surface area contributed by atoms with Crippen LogP contribution in [-0.2, 0) is 4.79 Å². The predicted molar refractivity (Wildman–Crippen MR) is 133 cm³/mol. The lowest BCUT2D eigenvalue weighted by molar-refractivity contribution is -0.384. The van der Waals surface area contributed by atoms with E-state index in [1.54, 1.807) is 55.6 Å². The maximum Gasteiger partial charge on any atom is 0.281 e. The number of amidine groups is 1. The van der Waals surface area contributed by atoms with Gasteiger partial charge in [0.15, 0.2) is 5.17 Å². The number of hydrogen-bond acceptors (Lipinski definition) is 6. The minimum Gasteiger partial charge on any atom is -0.456 e. The van der Waals surface area contributed by atoms with Crippen molar-refractivity contribution in [2.75, 3.05) is 7.05 Å². The van der Waals surface area contributed by atoms with Gasteiger partial charge in [0.1, 0.15) is 11.5 Å². The average Bonchev–Trinajstić information content (AvgIpc) is 3.31. The molecule has 11 heteroatoms. The van der Waals surface area contributed by atoms with Gasteiger partial charge in [-0.15, -0.1) is 0 Å². The van der Waals surface area contributed by atoms with E-state index in [0.29, 0.717) is 42.3 Å². The lowest BCUT2D eigenvalue weighted by Gasteiger charge is -2.07. The molecule has 0 atom stereocenters. The number of halogens is 3. The maximum absolute atomic E-state index is 12.7. The normalized spacial score (nSPS) is 16.4. The molecule has 1 amide bonds. The summed E-state index contributed by atoms with van der Waals surface area (Å²) >= 11 is 13.9. The summed E-state index contributed by atoms with van der Waals surface area (Å²) < 4.78 is 7.14. The number of carbonyl (C=O) groups is 1. The minimum absolute atomic E-state index is 0.0819. The number of carbonyl (C=O) groups excluding carboxylic acids is 1. The number of hydrogen-bond donors (Lipinski definition) is 0. The zero-order valence-electron chi connectivity index (χ0n) is 16.2. The highest BCUT2D eigenvalue weighted by Crippen LogP contribution is 2.37. The molecule has 32 heavy (non-hydrogen) atoms. The number of nitro groups is 1. The molecule has 0 radical (unpaired) electrons. The summed E-state index contributed by atoms with van der Waals surface area (Å²) in [5.41, 5.74) is 0.880. The van der Waals surface area contributed by atoms with Crippen LogP contribution in [0.25, 0.3) is 17.4 Å². The summed E-state index contributed by atoms with van der Waals surface area (Å²) in [6, 6.07) is 13.3. The molecule has 162 valence electrons. The first-order valence-electron chi connectivity index (χ1n) is 8.98. The van der Waals surface area contributed by atoms with Gasteiger partial charge in [0, 0.05) is 28.1 Å². The number of thioether (sulfide) groups is 1. The fraction of sp³-hybridized carbons (Fsp3) is 0.0476. The highest BCUT2D eigenvalue weighted by Gasteiger charge is 2.31. The number of nitrogens with zero attached hydrogens (tertiary/aromatic N) is 3. The number of nitro benzene ring substituents is 1. The Labute approximate surface area is 208 Å². The van der Waals surface area contributed by atoms with Crippen LogP contribution >= 0.6 is 55.2 Å². The summed E-state index contributed by atoms with van der Waals surface area (Å²) in [5, 5.41) is 12.4. The number of rotatable bonds is 4. The molecule has 2 aromatic carbocycles. The van der Waals surface area contributed by atoms with Crippen LogP contribution in [-0.4, -0.2) is 27.9 Å². The topological polar surface area (TPSA) is 89.0 Å². The Bertz CT molecular complexity index is 1320. The Morgan fingerprint density at radius 2 is 1.97 bits per heavy atom. The average molecular weight is 598 g/mol. The van der Waals surface area contributed by atoms with Crippen molar-refractivity contribution in [3.05, 3.63) is 83.3 Å². The third-order valence-corrected chi connectivity index (χ3v) is 7.24. The van der Waals surface area contributed by atoms with Crippen molar-refractivity contribution in [2.45, 2.75) is 0 Å². The Hall–Kier alpha value is -2.40. The van der Waals surface area contributed by atoms with E-state index in [2.05, 4.69) is 36.9 Å². The molecule has 1 fully saturated rings. The van der Waals surface area contributed by atoms with Crippen LogP contribution in [0.3, 0.4) is 0 Å². The monoisotopic (exact) mass is 595 g/mol. The van der Waals surface area contributed by atoms with Crippen molar-refractivity contribution in [2.24, 2.45) is 4.99 Å². The van der Waals surface area contributed by atoms with Crippen molar-refractivity contribution in [1.82, 2.24) is 4.90 Å². The highest BCUT2D eigenvalue weighted by molar-refractivity contribution is 9.10. The number of benzene rings is 2. The molecule has 0 aliphatic carbocycles. The second-order valence-electron chi connectivity index (χ2n) is 6.59. The van der Waals surface area contributed by atoms with Gasteiger partial charge >= 0.3 is 0 Å². The second kappa shape index (κ2) is 9.22. The van der Waals surface area contributed by atoms with E-state index in [4.69, 9.17) is 16.0 Å². The molecule has 0 N–H and O–H groups in total.